The first-order valence-corrected chi connectivity index (χ1v) is 14.2. The molecule has 5 heteroatoms. The molecule has 42 heavy (non-hydrogen) atoms. The number of hydrogen-bond acceptors (Lipinski definition) is 5. The highest BCUT2D eigenvalue weighted by Crippen LogP contribution is 2.39. The minimum absolute atomic E-state index is 0.0368. The number of hydrogen-bond donors (Lipinski definition) is 1. The number of pyridine rings is 2. The lowest BCUT2D eigenvalue weighted by Gasteiger charge is -2.23. The molecule has 0 aliphatic carbocycles. The van der Waals surface area contributed by atoms with Crippen LogP contribution in [0.15, 0.2) is 107 Å². The van der Waals surface area contributed by atoms with E-state index in [4.69, 9.17) is 9.98 Å². The van der Waals surface area contributed by atoms with Crippen molar-refractivity contribution in [3.05, 3.63) is 148 Å². The fraction of sp³-hybridized carbons (Fsp3) is 0.189. The number of aliphatic imine (C=N–C) groups is 2. The number of nitrogens with zero attached hydrogens (tertiary/aromatic N) is 4. The molecule has 2 aromatic heterocycles. The Morgan fingerprint density at radius 3 is 1.33 bits per heavy atom. The molecule has 3 aromatic carbocycles. The van der Waals surface area contributed by atoms with Crippen LogP contribution in [0.1, 0.15) is 70.1 Å². The predicted octanol–water partition coefficient (Wildman–Crippen LogP) is 8.88. The maximum Gasteiger partial charge on any atom is 0.115 e. The number of aryl methyl sites for hydroxylation is 4. The largest absolute Gasteiger partial charge is 0.508 e. The maximum absolute atomic E-state index is 10.0. The van der Waals surface area contributed by atoms with Crippen LogP contribution in [0.4, 0.5) is 11.4 Å². The minimum atomic E-state index is -0.0368. The second-order valence-electron chi connectivity index (χ2n) is 10.9. The molecule has 5 nitrogen and oxygen atoms in total. The molecule has 210 valence electrons. The van der Waals surface area contributed by atoms with Crippen LogP contribution in [-0.2, 0) is 0 Å². The van der Waals surface area contributed by atoms with E-state index in [0.717, 1.165) is 62.0 Å². The smallest absolute Gasteiger partial charge is 0.115 e. The van der Waals surface area contributed by atoms with Crippen molar-refractivity contribution in [1.29, 1.82) is 0 Å². The Hall–Kier alpha value is -4.90. The van der Waals surface area contributed by atoms with Gasteiger partial charge < -0.3 is 5.11 Å². The van der Waals surface area contributed by atoms with E-state index in [2.05, 4.69) is 61.9 Å². The molecule has 0 amide bonds. The van der Waals surface area contributed by atoms with Gasteiger partial charge >= 0.3 is 0 Å². The summed E-state index contributed by atoms with van der Waals surface area (Å²) in [6, 6.07) is 28.2. The molecule has 0 fully saturated rings. The average molecular weight is 553 g/mol. The van der Waals surface area contributed by atoms with E-state index < -0.39 is 0 Å². The first-order chi connectivity index (χ1) is 20.2. The van der Waals surface area contributed by atoms with Gasteiger partial charge in [-0.1, -0.05) is 48.5 Å². The van der Waals surface area contributed by atoms with Gasteiger partial charge in [0.05, 0.1) is 34.2 Å². The summed E-state index contributed by atoms with van der Waals surface area (Å²) in [4.78, 5) is 18.9. The van der Waals surface area contributed by atoms with E-state index >= 15 is 0 Å². The summed E-state index contributed by atoms with van der Waals surface area (Å²) in [7, 11) is 0. The second-order valence-corrected chi connectivity index (χ2v) is 10.9. The van der Waals surface area contributed by atoms with Crippen LogP contribution in [0.5, 0.6) is 5.75 Å². The Morgan fingerprint density at radius 2 is 0.976 bits per heavy atom. The van der Waals surface area contributed by atoms with Gasteiger partial charge in [-0.2, -0.15) is 0 Å². The summed E-state index contributed by atoms with van der Waals surface area (Å²) in [5.74, 6) is 0.215. The van der Waals surface area contributed by atoms with Crippen LogP contribution in [0, 0.1) is 27.7 Å². The first-order valence-electron chi connectivity index (χ1n) is 14.2. The Kier molecular flexibility index (Phi) is 8.39. The van der Waals surface area contributed by atoms with Crippen LogP contribution in [0.3, 0.4) is 0 Å². The zero-order chi connectivity index (χ0) is 29.8. The van der Waals surface area contributed by atoms with Gasteiger partial charge in [-0.3, -0.25) is 20.0 Å². The highest BCUT2D eigenvalue weighted by Gasteiger charge is 2.21. The molecule has 2 heterocycles. The number of aromatic hydroxyl groups is 1. The summed E-state index contributed by atoms with van der Waals surface area (Å²) in [6.07, 6.45) is 3.58. The van der Waals surface area contributed by atoms with Crippen molar-refractivity contribution in [3.63, 3.8) is 0 Å². The fourth-order valence-corrected chi connectivity index (χ4v) is 5.51. The topological polar surface area (TPSA) is 70.7 Å². The maximum atomic E-state index is 10.0. The summed E-state index contributed by atoms with van der Waals surface area (Å²) in [5, 5.41) is 10.0. The molecule has 0 spiro atoms. The van der Waals surface area contributed by atoms with Gasteiger partial charge in [0.15, 0.2) is 0 Å². The van der Waals surface area contributed by atoms with Gasteiger partial charge in [-0.25, -0.2) is 0 Å². The molecule has 5 aromatic rings. The van der Waals surface area contributed by atoms with Gasteiger partial charge in [0.25, 0.3) is 0 Å². The van der Waals surface area contributed by atoms with Crippen LogP contribution >= 0.6 is 0 Å². The number of phenols is 1. The van der Waals surface area contributed by atoms with E-state index in [1.807, 2.05) is 62.4 Å². The van der Waals surface area contributed by atoms with E-state index in [1.165, 1.54) is 11.1 Å². The Morgan fingerprint density at radius 1 is 0.571 bits per heavy atom. The summed E-state index contributed by atoms with van der Waals surface area (Å²) < 4.78 is 0. The molecule has 0 aliphatic rings. The third kappa shape index (κ3) is 6.21. The SMILES string of the molecule is CC(=Nc1c(C)cc(C(c2ccc(O)cc2)c2cc(C)c(N=C(C)c3ccccn3)c(C)c2)cc1C)c1ccccn1. The summed E-state index contributed by atoms with van der Waals surface area (Å²) in [6.45, 7) is 12.5. The molecular formula is C37H36N4O. The van der Waals surface area contributed by atoms with E-state index in [0.29, 0.717) is 0 Å². The Bertz CT molecular complexity index is 1620. The molecule has 0 saturated carbocycles. The van der Waals surface area contributed by atoms with Crippen molar-refractivity contribution >= 4 is 22.8 Å². The lowest BCUT2D eigenvalue weighted by Crippen LogP contribution is -2.06. The third-order valence-electron chi connectivity index (χ3n) is 7.55. The first kappa shape index (κ1) is 28.6. The van der Waals surface area contributed by atoms with Gasteiger partial charge in [0, 0.05) is 18.3 Å². The van der Waals surface area contributed by atoms with Crippen molar-refractivity contribution in [1.82, 2.24) is 9.97 Å². The number of rotatable bonds is 7. The molecule has 0 unspecified atom stereocenters. The lowest BCUT2D eigenvalue weighted by molar-refractivity contribution is 0.475. The molecule has 0 saturated heterocycles. The zero-order valence-corrected chi connectivity index (χ0v) is 25.1. The highest BCUT2D eigenvalue weighted by atomic mass is 16.3. The Labute approximate surface area is 248 Å². The van der Waals surface area contributed by atoms with Gasteiger partial charge in [0.2, 0.25) is 0 Å². The lowest BCUT2D eigenvalue weighted by atomic mass is 9.82. The zero-order valence-electron chi connectivity index (χ0n) is 25.1. The molecule has 0 bridgehead atoms. The van der Waals surface area contributed by atoms with Gasteiger partial charge in [0.1, 0.15) is 5.75 Å². The van der Waals surface area contributed by atoms with Gasteiger partial charge in [-0.15, -0.1) is 0 Å². The molecule has 5 rings (SSSR count). The predicted molar refractivity (Wildman–Crippen MR) is 173 cm³/mol. The van der Waals surface area contributed by atoms with Crippen LogP contribution in [0.25, 0.3) is 0 Å². The molecular weight excluding hydrogens is 516 g/mol. The Balaban J connectivity index is 1.60. The second kappa shape index (κ2) is 12.3. The van der Waals surface area contributed by atoms with Crippen molar-refractivity contribution in [2.24, 2.45) is 9.98 Å². The highest BCUT2D eigenvalue weighted by molar-refractivity contribution is 5.99. The number of benzene rings is 3. The summed E-state index contributed by atoms with van der Waals surface area (Å²) in [5.41, 5.74) is 13.3. The van der Waals surface area contributed by atoms with Crippen LogP contribution in [-0.4, -0.2) is 26.5 Å². The number of aromatic nitrogens is 2. The van der Waals surface area contributed by atoms with Crippen molar-refractivity contribution in [2.45, 2.75) is 47.5 Å². The van der Waals surface area contributed by atoms with E-state index in [9.17, 15) is 5.11 Å². The molecule has 0 aliphatic heterocycles. The van der Waals surface area contributed by atoms with Gasteiger partial charge in [-0.05, 0) is 117 Å². The van der Waals surface area contributed by atoms with Crippen LogP contribution < -0.4 is 0 Å². The fourth-order valence-electron chi connectivity index (χ4n) is 5.51. The normalized spacial score (nSPS) is 12.8. The van der Waals surface area contributed by atoms with Crippen molar-refractivity contribution < 1.29 is 5.11 Å². The van der Waals surface area contributed by atoms with Crippen molar-refractivity contribution in [2.75, 3.05) is 0 Å². The average Bonchev–Trinajstić information content (AvgIpc) is 2.98. The quantitative estimate of drug-likeness (QED) is 0.162. The monoisotopic (exact) mass is 552 g/mol. The summed E-state index contributed by atoms with van der Waals surface area (Å²) >= 11 is 0. The van der Waals surface area contributed by atoms with Crippen molar-refractivity contribution in [3.8, 4) is 5.75 Å². The third-order valence-corrected chi connectivity index (χ3v) is 7.55. The van der Waals surface area contributed by atoms with E-state index in [1.54, 1.807) is 24.5 Å². The standard InChI is InChI=1S/C37H36N4O/c1-23-19-30(20-24(2)36(23)40-27(5)33-11-7-9-17-38-33)35(29-13-15-32(42)16-14-29)31-21-25(3)37(26(4)22-31)41-28(6)34-12-8-10-18-39-34/h7-22,35,42H,1-6H3. The molecule has 1 N–H and O–H groups in total. The molecule has 0 atom stereocenters. The minimum Gasteiger partial charge on any atom is -0.508 e. The molecule has 0 radical (unpaired) electrons. The number of phenolic OH excluding ortho intramolecular Hbond substituents is 1. The van der Waals surface area contributed by atoms with Crippen LogP contribution in [0.2, 0.25) is 0 Å². The van der Waals surface area contributed by atoms with E-state index in [-0.39, 0.29) is 11.7 Å².